The lowest BCUT2D eigenvalue weighted by Gasteiger charge is -2.06. The fraction of sp³-hybridized carbons (Fsp3) is 0.154. The molecule has 0 radical (unpaired) electrons. The zero-order valence-electron chi connectivity index (χ0n) is 10.8. The highest BCUT2D eigenvalue weighted by Crippen LogP contribution is 2.18. The molecule has 0 spiro atoms. The quantitative estimate of drug-likeness (QED) is 0.899. The van der Waals surface area contributed by atoms with E-state index in [0.29, 0.717) is 12.1 Å². The van der Waals surface area contributed by atoms with Gasteiger partial charge < -0.3 is 5.32 Å². The van der Waals surface area contributed by atoms with Crippen molar-refractivity contribution in [2.75, 3.05) is 0 Å². The van der Waals surface area contributed by atoms with E-state index in [0.717, 1.165) is 22.5 Å². The normalized spacial score (nSPS) is 11.3. The summed E-state index contributed by atoms with van der Waals surface area (Å²) in [6.45, 7) is 2.36. The third kappa shape index (κ3) is 3.44. The highest BCUT2D eigenvalue weighted by atomic mass is 32.2. The van der Waals surface area contributed by atoms with E-state index in [9.17, 15) is 13.2 Å². The molecule has 106 valence electrons. The molecule has 0 aliphatic heterocycles. The molecule has 2 aromatic rings. The van der Waals surface area contributed by atoms with Gasteiger partial charge in [-0.2, -0.15) is 0 Å². The van der Waals surface area contributed by atoms with Gasteiger partial charge in [-0.1, -0.05) is 24.3 Å². The summed E-state index contributed by atoms with van der Waals surface area (Å²) in [6.07, 6.45) is 0. The van der Waals surface area contributed by atoms with Gasteiger partial charge in [-0.3, -0.25) is 4.79 Å². The van der Waals surface area contributed by atoms with Gasteiger partial charge in [-0.15, -0.1) is 11.3 Å². The molecule has 0 saturated carbocycles. The van der Waals surface area contributed by atoms with Crippen molar-refractivity contribution in [1.82, 2.24) is 5.32 Å². The van der Waals surface area contributed by atoms with Crippen LogP contribution in [0.4, 0.5) is 0 Å². The first kappa shape index (κ1) is 14.7. The molecule has 20 heavy (non-hydrogen) atoms. The van der Waals surface area contributed by atoms with Gasteiger partial charge in [-0.05, 0) is 24.1 Å². The first-order chi connectivity index (χ1) is 9.38. The largest absolute Gasteiger partial charge is 0.348 e. The molecule has 0 atom stereocenters. The van der Waals surface area contributed by atoms with Crippen LogP contribution < -0.4 is 10.5 Å². The van der Waals surface area contributed by atoms with Crippen molar-refractivity contribution >= 4 is 27.3 Å². The minimum absolute atomic E-state index is 0.0152. The van der Waals surface area contributed by atoms with Crippen molar-refractivity contribution in [2.45, 2.75) is 17.7 Å². The molecule has 0 bridgehead atoms. The van der Waals surface area contributed by atoms with Crippen LogP contribution in [0.25, 0.3) is 0 Å². The van der Waals surface area contributed by atoms with Crippen LogP contribution in [0.5, 0.6) is 0 Å². The Kier molecular flexibility index (Phi) is 4.22. The highest BCUT2D eigenvalue weighted by Gasteiger charge is 2.15. The van der Waals surface area contributed by atoms with Gasteiger partial charge in [0.05, 0.1) is 5.56 Å². The van der Waals surface area contributed by atoms with Crippen molar-refractivity contribution in [1.29, 1.82) is 0 Å². The predicted octanol–water partition coefficient (Wildman–Crippen LogP) is 1.63. The van der Waals surface area contributed by atoms with E-state index in [1.165, 1.54) is 11.4 Å². The summed E-state index contributed by atoms with van der Waals surface area (Å²) in [5, 5.41) is 9.24. The van der Waals surface area contributed by atoms with Crippen LogP contribution in [-0.2, 0) is 16.6 Å². The number of hydrogen-bond donors (Lipinski definition) is 2. The topological polar surface area (TPSA) is 89.3 Å². The average molecular weight is 310 g/mol. The Hall–Kier alpha value is -1.70. The van der Waals surface area contributed by atoms with Gasteiger partial charge in [0.25, 0.3) is 5.91 Å². The minimum atomic E-state index is -3.75. The number of primary sulfonamides is 1. The molecule has 1 heterocycles. The van der Waals surface area contributed by atoms with Gasteiger partial charge in [0.15, 0.2) is 0 Å². The zero-order valence-corrected chi connectivity index (χ0v) is 12.4. The lowest BCUT2D eigenvalue weighted by Crippen LogP contribution is -2.22. The number of nitrogens with one attached hydrogen (secondary N) is 1. The maximum absolute atomic E-state index is 11.9. The summed E-state index contributed by atoms with van der Waals surface area (Å²) in [5.41, 5.74) is 2.40. The van der Waals surface area contributed by atoms with Gasteiger partial charge in [-0.25, -0.2) is 13.6 Å². The first-order valence-corrected chi connectivity index (χ1v) is 8.24. The van der Waals surface area contributed by atoms with Crippen LogP contribution in [0.3, 0.4) is 0 Å². The molecule has 2 rings (SSSR count). The first-order valence-electron chi connectivity index (χ1n) is 5.82. The standard InChI is InChI=1S/C13H14N2O3S2/c1-9-4-2-3-5-10(9)7-15-13(16)11-6-12(19-8-11)20(14,17)18/h2-6,8H,7H2,1H3,(H,15,16)(H2,14,17,18). The number of sulfonamides is 1. The molecule has 7 heteroatoms. The minimum Gasteiger partial charge on any atom is -0.348 e. The van der Waals surface area contributed by atoms with Crippen LogP contribution in [-0.4, -0.2) is 14.3 Å². The van der Waals surface area contributed by atoms with E-state index in [-0.39, 0.29) is 10.1 Å². The van der Waals surface area contributed by atoms with Crippen LogP contribution in [0.1, 0.15) is 21.5 Å². The molecule has 0 fully saturated rings. The molecule has 5 nitrogen and oxygen atoms in total. The molecule has 1 amide bonds. The summed E-state index contributed by atoms with van der Waals surface area (Å²) < 4.78 is 22.3. The molecule has 1 aromatic heterocycles. The lowest BCUT2D eigenvalue weighted by atomic mass is 10.1. The van der Waals surface area contributed by atoms with E-state index >= 15 is 0 Å². The van der Waals surface area contributed by atoms with Crippen molar-refractivity contribution < 1.29 is 13.2 Å². The maximum Gasteiger partial charge on any atom is 0.252 e. The second-order valence-corrected chi connectivity index (χ2v) is 7.01. The smallest absolute Gasteiger partial charge is 0.252 e. The van der Waals surface area contributed by atoms with Crippen LogP contribution in [0.2, 0.25) is 0 Å². The third-order valence-electron chi connectivity index (χ3n) is 2.82. The van der Waals surface area contributed by atoms with Crippen molar-refractivity contribution in [3.63, 3.8) is 0 Å². The van der Waals surface area contributed by atoms with E-state index in [4.69, 9.17) is 5.14 Å². The van der Waals surface area contributed by atoms with Gasteiger partial charge >= 0.3 is 0 Å². The number of carbonyl (C=O) groups is 1. The Bertz CT molecular complexity index is 736. The Morgan fingerprint density at radius 2 is 2.05 bits per heavy atom. The predicted molar refractivity (Wildman–Crippen MR) is 78.0 cm³/mol. The summed E-state index contributed by atoms with van der Waals surface area (Å²) in [6, 6.07) is 9.01. The van der Waals surface area contributed by atoms with E-state index < -0.39 is 10.0 Å². The average Bonchev–Trinajstić information content (AvgIpc) is 2.87. The zero-order chi connectivity index (χ0) is 14.8. The Morgan fingerprint density at radius 1 is 1.35 bits per heavy atom. The maximum atomic E-state index is 11.9. The number of nitrogens with two attached hydrogens (primary N) is 1. The Labute approximate surface area is 121 Å². The Balaban J connectivity index is 2.06. The molecule has 0 aliphatic carbocycles. The number of carbonyl (C=O) groups excluding carboxylic acids is 1. The van der Waals surface area contributed by atoms with E-state index in [1.54, 1.807) is 0 Å². The lowest BCUT2D eigenvalue weighted by molar-refractivity contribution is 0.0951. The second kappa shape index (κ2) is 5.74. The number of aryl methyl sites for hydroxylation is 1. The number of rotatable bonds is 4. The molecule has 0 saturated heterocycles. The number of hydrogen-bond acceptors (Lipinski definition) is 4. The number of amides is 1. The molecule has 3 N–H and O–H groups in total. The summed E-state index contributed by atoms with van der Waals surface area (Å²) >= 11 is 0.936. The fourth-order valence-electron chi connectivity index (χ4n) is 1.67. The highest BCUT2D eigenvalue weighted by molar-refractivity contribution is 7.91. The van der Waals surface area contributed by atoms with E-state index in [2.05, 4.69) is 5.32 Å². The summed E-state index contributed by atoms with van der Waals surface area (Å²) in [5.74, 6) is -0.320. The molecule has 0 aliphatic rings. The van der Waals surface area contributed by atoms with Crippen molar-refractivity contribution in [3.05, 3.63) is 52.4 Å². The van der Waals surface area contributed by atoms with Gasteiger partial charge in [0.2, 0.25) is 10.0 Å². The number of benzene rings is 1. The van der Waals surface area contributed by atoms with Crippen molar-refractivity contribution in [2.24, 2.45) is 5.14 Å². The number of thiophene rings is 1. The summed E-state index contributed by atoms with van der Waals surface area (Å²) in [4.78, 5) is 11.9. The van der Waals surface area contributed by atoms with Crippen molar-refractivity contribution in [3.8, 4) is 0 Å². The molecule has 1 aromatic carbocycles. The van der Waals surface area contributed by atoms with Gasteiger partial charge in [0.1, 0.15) is 4.21 Å². The summed E-state index contributed by atoms with van der Waals surface area (Å²) in [7, 11) is -3.75. The van der Waals surface area contributed by atoms with Crippen LogP contribution in [0.15, 0.2) is 39.9 Å². The molecular weight excluding hydrogens is 296 g/mol. The van der Waals surface area contributed by atoms with E-state index in [1.807, 2.05) is 31.2 Å². The fourth-order valence-corrected chi connectivity index (χ4v) is 3.26. The van der Waals surface area contributed by atoms with Gasteiger partial charge in [0, 0.05) is 11.9 Å². The monoisotopic (exact) mass is 310 g/mol. The third-order valence-corrected chi connectivity index (χ3v) is 5.20. The Morgan fingerprint density at radius 3 is 2.65 bits per heavy atom. The SMILES string of the molecule is Cc1ccccc1CNC(=O)c1csc(S(N)(=O)=O)c1. The van der Waals surface area contributed by atoms with Crippen LogP contribution in [0, 0.1) is 6.92 Å². The van der Waals surface area contributed by atoms with Crippen LogP contribution >= 0.6 is 11.3 Å². The second-order valence-electron chi connectivity index (χ2n) is 4.31. The molecular formula is C13H14N2O3S2. The molecule has 0 unspecified atom stereocenters.